The van der Waals surface area contributed by atoms with Crippen molar-refractivity contribution in [2.45, 2.75) is 17.1 Å². The van der Waals surface area contributed by atoms with Crippen molar-refractivity contribution in [1.82, 2.24) is 24.2 Å². The van der Waals surface area contributed by atoms with Gasteiger partial charge in [-0.15, -0.1) is 11.3 Å². The molecule has 0 bridgehead atoms. The number of pyridine rings is 1. The molecule has 0 saturated carbocycles. The van der Waals surface area contributed by atoms with Gasteiger partial charge >= 0.3 is 6.03 Å². The van der Waals surface area contributed by atoms with E-state index in [2.05, 4.69) is 25.5 Å². The van der Waals surface area contributed by atoms with Crippen LogP contribution in [0.3, 0.4) is 0 Å². The van der Waals surface area contributed by atoms with Gasteiger partial charge in [0, 0.05) is 18.8 Å². The van der Waals surface area contributed by atoms with Gasteiger partial charge in [0.2, 0.25) is 0 Å². The fraction of sp³-hybridized carbons (Fsp3) is 0.250. The minimum atomic E-state index is -4.06. The Hall–Kier alpha value is -3.52. The average Bonchev–Trinajstić information content (AvgIpc) is 3.57. The number of urea groups is 1. The monoisotopic (exact) mass is 573 g/mol. The van der Waals surface area contributed by atoms with Crippen molar-refractivity contribution < 1.29 is 13.2 Å². The minimum absolute atomic E-state index is 0.0840. The average molecular weight is 574 g/mol. The summed E-state index contributed by atoms with van der Waals surface area (Å²) in [6, 6.07) is 10.2. The van der Waals surface area contributed by atoms with Crippen LogP contribution < -0.4 is 20.9 Å². The normalized spacial score (nSPS) is 14.0. The Bertz CT molecular complexity index is 1630. The summed E-state index contributed by atoms with van der Waals surface area (Å²) in [4.78, 5) is 36.3. The predicted octanol–water partition coefficient (Wildman–Crippen LogP) is 3.51. The highest BCUT2D eigenvalue weighted by molar-refractivity contribution is 7.92. The van der Waals surface area contributed by atoms with E-state index in [1.165, 1.54) is 54.2 Å². The first-order valence-corrected chi connectivity index (χ1v) is 14.5. The van der Waals surface area contributed by atoms with Crippen molar-refractivity contribution in [3.63, 3.8) is 0 Å². The second-order valence-corrected chi connectivity index (χ2v) is 12.3. The summed E-state index contributed by atoms with van der Waals surface area (Å²) in [6.45, 7) is 4.09. The number of hydrogen-bond acceptors (Lipinski definition) is 9. The molecule has 11 nitrogen and oxygen atoms in total. The van der Waals surface area contributed by atoms with Gasteiger partial charge in [0.15, 0.2) is 0 Å². The quantitative estimate of drug-likeness (QED) is 0.291. The number of halogens is 1. The van der Waals surface area contributed by atoms with Gasteiger partial charge in [-0.2, -0.15) is 0 Å². The third kappa shape index (κ3) is 5.96. The van der Waals surface area contributed by atoms with E-state index in [1.54, 1.807) is 6.07 Å². The third-order valence-electron chi connectivity index (χ3n) is 6.01. The number of rotatable bonds is 8. The van der Waals surface area contributed by atoms with Crippen LogP contribution in [0.25, 0.3) is 16.7 Å². The number of carbonyl (C=O) groups excluding carboxylic acids is 1. The SMILES string of the molecule is O=C(Nc1ccc(-n2cnc3cc(NCCN4CCCC4)ccc3c2=O)nc1)NS(=O)(=O)c1ccc(Cl)s1. The Morgan fingerprint density at radius 1 is 1.05 bits per heavy atom. The molecule has 1 aliphatic heterocycles. The zero-order valence-electron chi connectivity index (χ0n) is 20.1. The molecule has 0 radical (unpaired) electrons. The first-order valence-electron chi connectivity index (χ1n) is 11.8. The van der Waals surface area contributed by atoms with Crippen molar-refractivity contribution in [2.75, 3.05) is 36.8 Å². The number of nitrogens with one attached hydrogen (secondary N) is 3. The summed E-state index contributed by atoms with van der Waals surface area (Å²) >= 11 is 6.60. The van der Waals surface area contributed by atoms with Crippen molar-refractivity contribution in [1.29, 1.82) is 0 Å². The molecule has 38 heavy (non-hydrogen) atoms. The van der Waals surface area contributed by atoms with Crippen LogP contribution in [-0.4, -0.2) is 60.1 Å². The number of sulfonamides is 1. The molecule has 1 aromatic carbocycles. The molecular weight excluding hydrogens is 550 g/mol. The molecule has 14 heteroatoms. The number of hydrogen-bond donors (Lipinski definition) is 3. The lowest BCUT2D eigenvalue weighted by Crippen LogP contribution is -2.34. The number of anilines is 2. The van der Waals surface area contributed by atoms with Gasteiger partial charge in [0.25, 0.3) is 15.6 Å². The maximum Gasteiger partial charge on any atom is 0.333 e. The Balaban J connectivity index is 1.24. The topological polar surface area (TPSA) is 138 Å². The van der Waals surface area contributed by atoms with E-state index in [4.69, 9.17) is 11.6 Å². The Labute approximate surface area is 227 Å². The Kier molecular flexibility index (Phi) is 7.61. The molecule has 0 unspecified atom stereocenters. The zero-order chi connectivity index (χ0) is 26.7. The molecule has 5 rings (SSSR count). The molecule has 0 aliphatic carbocycles. The van der Waals surface area contributed by atoms with Gasteiger partial charge in [0.05, 0.1) is 27.1 Å². The highest BCUT2D eigenvalue weighted by Crippen LogP contribution is 2.25. The third-order valence-corrected chi connectivity index (χ3v) is 9.06. The van der Waals surface area contributed by atoms with Gasteiger partial charge in [-0.25, -0.2) is 27.9 Å². The van der Waals surface area contributed by atoms with Crippen LogP contribution in [0.15, 0.2) is 64.0 Å². The lowest BCUT2D eigenvalue weighted by atomic mass is 10.2. The van der Waals surface area contributed by atoms with E-state index in [0.29, 0.717) is 16.7 Å². The largest absolute Gasteiger partial charge is 0.384 e. The second-order valence-electron chi connectivity index (χ2n) is 8.65. The standard InChI is InChI=1S/C24H24ClN7O4S2/c25-20-6-8-22(37-20)38(35,36)30-24(34)29-17-4-7-21(27-14-17)32-15-28-19-13-16(3-5-18(19)23(32)33)26-9-12-31-10-1-2-11-31/h3-8,13-15,26H,1-2,9-12H2,(H2,29,30,34). The zero-order valence-corrected chi connectivity index (χ0v) is 22.4. The first-order chi connectivity index (χ1) is 18.3. The fourth-order valence-corrected chi connectivity index (χ4v) is 6.52. The van der Waals surface area contributed by atoms with Gasteiger partial charge < -0.3 is 15.5 Å². The van der Waals surface area contributed by atoms with Crippen LogP contribution >= 0.6 is 22.9 Å². The molecule has 4 aromatic rings. The number of amides is 2. The molecule has 1 aliphatic rings. The van der Waals surface area contributed by atoms with Gasteiger partial charge in [-0.1, -0.05) is 11.6 Å². The lowest BCUT2D eigenvalue weighted by molar-refractivity contribution is 0.256. The number of likely N-dealkylation sites (tertiary alicyclic amines) is 1. The summed E-state index contributed by atoms with van der Waals surface area (Å²) in [6.07, 6.45) is 5.23. The van der Waals surface area contributed by atoms with Crippen LogP contribution in [0.4, 0.5) is 16.2 Å². The van der Waals surface area contributed by atoms with E-state index >= 15 is 0 Å². The van der Waals surface area contributed by atoms with E-state index in [0.717, 1.165) is 43.2 Å². The summed E-state index contributed by atoms with van der Waals surface area (Å²) < 4.78 is 28.0. The van der Waals surface area contributed by atoms with Crippen LogP contribution in [0.5, 0.6) is 0 Å². The fourth-order valence-electron chi connectivity index (χ4n) is 4.13. The Morgan fingerprint density at radius 2 is 1.84 bits per heavy atom. The molecule has 3 N–H and O–H groups in total. The molecule has 1 fully saturated rings. The smallest absolute Gasteiger partial charge is 0.333 e. The molecule has 4 heterocycles. The number of carbonyl (C=O) groups is 1. The highest BCUT2D eigenvalue weighted by Gasteiger charge is 2.20. The highest BCUT2D eigenvalue weighted by atomic mass is 35.5. The number of thiophene rings is 1. The van der Waals surface area contributed by atoms with Gasteiger partial charge in [-0.05, 0) is 68.4 Å². The summed E-state index contributed by atoms with van der Waals surface area (Å²) in [5.41, 5.74) is 1.42. The summed E-state index contributed by atoms with van der Waals surface area (Å²) in [7, 11) is -4.06. The summed E-state index contributed by atoms with van der Waals surface area (Å²) in [5.74, 6) is 0.295. The molecule has 1 saturated heterocycles. The predicted molar refractivity (Wildman–Crippen MR) is 148 cm³/mol. The van der Waals surface area contributed by atoms with E-state index in [1.807, 2.05) is 16.9 Å². The van der Waals surface area contributed by atoms with Crippen molar-refractivity contribution in [2.24, 2.45) is 0 Å². The molecule has 3 aromatic heterocycles. The van der Waals surface area contributed by atoms with Gasteiger partial charge in [-0.3, -0.25) is 9.36 Å². The van der Waals surface area contributed by atoms with Crippen molar-refractivity contribution in [3.05, 3.63) is 69.7 Å². The van der Waals surface area contributed by atoms with Crippen LogP contribution in [0.2, 0.25) is 4.34 Å². The maximum absolute atomic E-state index is 13.1. The van der Waals surface area contributed by atoms with Crippen LogP contribution in [-0.2, 0) is 10.0 Å². The number of benzene rings is 1. The summed E-state index contributed by atoms with van der Waals surface area (Å²) in [5, 5.41) is 6.24. The van der Waals surface area contributed by atoms with E-state index in [-0.39, 0.29) is 19.8 Å². The molecular formula is C24H24ClN7O4S2. The molecule has 198 valence electrons. The second kappa shape index (κ2) is 11.1. The molecule has 2 amide bonds. The van der Waals surface area contributed by atoms with Crippen LogP contribution in [0, 0.1) is 0 Å². The van der Waals surface area contributed by atoms with Crippen LogP contribution in [0.1, 0.15) is 12.8 Å². The minimum Gasteiger partial charge on any atom is -0.384 e. The van der Waals surface area contributed by atoms with Crippen molar-refractivity contribution in [3.8, 4) is 5.82 Å². The van der Waals surface area contributed by atoms with Crippen molar-refractivity contribution >= 4 is 61.3 Å². The number of fused-ring (bicyclic) bond motifs is 1. The van der Waals surface area contributed by atoms with E-state index in [9.17, 15) is 18.0 Å². The maximum atomic E-state index is 13.1. The Morgan fingerprint density at radius 3 is 2.55 bits per heavy atom. The molecule has 0 atom stereocenters. The van der Waals surface area contributed by atoms with Gasteiger partial charge in [0.1, 0.15) is 16.4 Å². The van der Waals surface area contributed by atoms with E-state index < -0.39 is 16.1 Å². The number of nitrogens with zero attached hydrogens (tertiary/aromatic N) is 4. The molecule has 0 spiro atoms. The lowest BCUT2D eigenvalue weighted by Gasteiger charge is -2.15. The first kappa shape index (κ1) is 26.1. The number of aromatic nitrogens is 3.